The summed E-state index contributed by atoms with van der Waals surface area (Å²) < 4.78 is 17.6. The van der Waals surface area contributed by atoms with Crippen molar-refractivity contribution in [2.24, 2.45) is 5.92 Å². The van der Waals surface area contributed by atoms with Gasteiger partial charge in [-0.25, -0.2) is 4.39 Å². The van der Waals surface area contributed by atoms with Crippen LogP contribution in [0.25, 0.3) is 0 Å². The van der Waals surface area contributed by atoms with Gasteiger partial charge >= 0.3 is 5.97 Å². The lowest BCUT2D eigenvalue weighted by molar-refractivity contribution is -0.148. The first kappa shape index (κ1) is 17.6. The monoisotopic (exact) mass is 306 g/mol. The van der Waals surface area contributed by atoms with Crippen molar-refractivity contribution in [3.8, 4) is 6.07 Å². The molecule has 1 atom stereocenters. The number of benzene rings is 1. The van der Waals surface area contributed by atoms with Crippen molar-refractivity contribution in [3.05, 3.63) is 35.6 Å². The Kier molecular flexibility index (Phi) is 6.05. The zero-order chi connectivity index (χ0) is 16.8. The van der Waals surface area contributed by atoms with Crippen LogP contribution in [0.3, 0.4) is 0 Å². The van der Waals surface area contributed by atoms with E-state index in [-0.39, 0.29) is 18.2 Å². The van der Waals surface area contributed by atoms with E-state index in [2.05, 4.69) is 5.32 Å². The second-order valence-corrected chi connectivity index (χ2v) is 5.48. The van der Waals surface area contributed by atoms with Gasteiger partial charge in [-0.15, -0.1) is 0 Å². The predicted octanol–water partition coefficient (Wildman–Crippen LogP) is 1.97. The van der Waals surface area contributed by atoms with Gasteiger partial charge in [0, 0.05) is 0 Å². The topological polar surface area (TPSA) is 79.2 Å². The molecule has 0 radical (unpaired) electrons. The average molecular weight is 306 g/mol. The summed E-state index contributed by atoms with van der Waals surface area (Å²) in [4.78, 5) is 23.3. The highest BCUT2D eigenvalue weighted by Gasteiger charge is 2.30. The van der Waals surface area contributed by atoms with Gasteiger partial charge in [-0.3, -0.25) is 9.59 Å². The normalized spacial score (nSPS) is 13.1. The van der Waals surface area contributed by atoms with E-state index in [0.29, 0.717) is 5.56 Å². The van der Waals surface area contributed by atoms with E-state index in [1.165, 1.54) is 24.3 Å². The Morgan fingerprint density at radius 1 is 1.36 bits per heavy atom. The number of nitriles is 1. The Bertz CT molecular complexity index is 578. The minimum atomic E-state index is -1.01. The second-order valence-electron chi connectivity index (χ2n) is 5.48. The summed E-state index contributed by atoms with van der Waals surface area (Å²) in [5.41, 5.74) is -0.420. The fourth-order valence-corrected chi connectivity index (χ4v) is 1.59. The summed E-state index contributed by atoms with van der Waals surface area (Å²) in [6.07, 6.45) is -0.0484. The maximum atomic E-state index is 12.7. The number of rotatable bonds is 6. The average Bonchev–Trinajstić information content (AvgIpc) is 2.47. The van der Waals surface area contributed by atoms with E-state index in [9.17, 15) is 14.0 Å². The molecule has 1 N–H and O–H groups in total. The lowest BCUT2D eigenvalue weighted by atomic mass is 9.90. The van der Waals surface area contributed by atoms with Gasteiger partial charge in [-0.05, 0) is 30.5 Å². The van der Waals surface area contributed by atoms with Crippen molar-refractivity contribution in [1.29, 1.82) is 5.26 Å². The summed E-state index contributed by atoms with van der Waals surface area (Å²) in [5.74, 6) is -1.60. The van der Waals surface area contributed by atoms with E-state index < -0.39 is 24.0 Å². The molecule has 6 heteroatoms. The Morgan fingerprint density at radius 2 is 1.95 bits per heavy atom. The number of halogens is 1. The smallest absolute Gasteiger partial charge is 0.310 e. The minimum Gasteiger partial charge on any atom is -0.455 e. The molecular formula is C16H19FN2O3. The Labute approximate surface area is 129 Å². The van der Waals surface area contributed by atoms with Crippen molar-refractivity contribution in [2.75, 3.05) is 6.61 Å². The van der Waals surface area contributed by atoms with Crippen LogP contribution in [0.15, 0.2) is 24.3 Å². The molecule has 1 amide bonds. The molecule has 0 saturated heterocycles. The maximum Gasteiger partial charge on any atom is 0.310 e. The zero-order valence-electron chi connectivity index (χ0n) is 12.9. The van der Waals surface area contributed by atoms with Crippen molar-refractivity contribution in [2.45, 2.75) is 32.7 Å². The summed E-state index contributed by atoms with van der Waals surface area (Å²) in [6.45, 7) is 4.77. The molecule has 1 rings (SSSR count). The molecule has 0 bridgehead atoms. The fourth-order valence-electron chi connectivity index (χ4n) is 1.59. The van der Waals surface area contributed by atoms with Crippen molar-refractivity contribution < 1.29 is 18.7 Å². The highest BCUT2D eigenvalue weighted by atomic mass is 19.1. The SMILES string of the molecule is CC(C)[C@@](C)(C#N)NC(=O)COC(=O)Cc1ccc(F)cc1. The Morgan fingerprint density at radius 3 is 2.45 bits per heavy atom. The predicted molar refractivity (Wildman–Crippen MR) is 78.1 cm³/mol. The van der Waals surface area contributed by atoms with Crippen LogP contribution < -0.4 is 5.32 Å². The molecular weight excluding hydrogens is 287 g/mol. The van der Waals surface area contributed by atoms with Crippen molar-refractivity contribution in [3.63, 3.8) is 0 Å². The highest BCUT2D eigenvalue weighted by Crippen LogP contribution is 2.14. The Hall–Kier alpha value is -2.42. The lowest BCUT2D eigenvalue weighted by Crippen LogP contribution is -2.50. The molecule has 0 fully saturated rings. The number of hydrogen-bond donors (Lipinski definition) is 1. The highest BCUT2D eigenvalue weighted by molar-refractivity contribution is 5.82. The molecule has 0 unspecified atom stereocenters. The number of ether oxygens (including phenoxy) is 1. The number of carbonyl (C=O) groups excluding carboxylic acids is 2. The van der Waals surface area contributed by atoms with Gasteiger partial charge in [0.1, 0.15) is 11.4 Å². The van der Waals surface area contributed by atoms with Crippen LogP contribution in [0.5, 0.6) is 0 Å². The minimum absolute atomic E-state index is 0.0484. The molecule has 0 aliphatic carbocycles. The van der Waals surface area contributed by atoms with Crippen LogP contribution in [0.4, 0.5) is 4.39 Å². The summed E-state index contributed by atoms with van der Waals surface area (Å²) in [6, 6.07) is 7.48. The van der Waals surface area contributed by atoms with Gasteiger partial charge in [0.15, 0.2) is 6.61 Å². The van der Waals surface area contributed by atoms with E-state index >= 15 is 0 Å². The molecule has 118 valence electrons. The largest absolute Gasteiger partial charge is 0.455 e. The van der Waals surface area contributed by atoms with Gasteiger partial charge in [0.2, 0.25) is 0 Å². The van der Waals surface area contributed by atoms with Gasteiger partial charge in [0.25, 0.3) is 5.91 Å². The van der Waals surface area contributed by atoms with E-state index in [4.69, 9.17) is 10.00 Å². The molecule has 1 aromatic rings. The van der Waals surface area contributed by atoms with Gasteiger partial charge in [-0.1, -0.05) is 26.0 Å². The molecule has 5 nitrogen and oxygen atoms in total. The van der Waals surface area contributed by atoms with E-state index in [1.54, 1.807) is 6.92 Å². The molecule has 0 aliphatic heterocycles. The van der Waals surface area contributed by atoms with Gasteiger partial charge in [0.05, 0.1) is 12.5 Å². The summed E-state index contributed by atoms with van der Waals surface area (Å²) in [5, 5.41) is 11.6. The van der Waals surface area contributed by atoms with Gasteiger partial charge < -0.3 is 10.1 Å². The third-order valence-corrected chi connectivity index (χ3v) is 3.41. The number of carbonyl (C=O) groups is 2. The third kappa shape index (κ3) is 5.17. The van der Waals surface area contributed by atoms with Crippen LogP contribution in [0.2, 0.25) is 0 Å². The van der Waals surface area contributed by atoms with Crippen molar-refractivity contribution in [1.82, 2.24) is 5.32 Å². The van der Waals surface area contributed by atoms with E-state index in [1.807, 2.05) is 19.9 Å². The first-order valence-corrected chi connectivity index (χ1v) is 6.89. The number of hydrogen-bond acceptors (Lipinski definition) is 4. The summed E-state index contributed by atoms with van der Waals surface area (Å²) in [7, 11) is 0. The van der Waals surface area contributed by atoms with Crippen LogP contribution >= 0.6 is 0 Å². The number of nitrogens with zero attached hydrogens (tertiary/aromatic N) is 1. The number of amides is 1. The quantitative estimate of drug-likeness (QED) is 0.815. The first-order chi connectivity index (χ1) is 10.3. The first-order valence-electron chi connectivity index (χ1n) is 6.89. The zero-order valence-corrected chi connectivity index (χ0v) is 12.9. The molecule has 1 aromatic carbocycles. The molecule has 0 aromatic heterocycles. The molecule has 0 saturated carbocycles. The maximum absolute atomic E-state index is 12.7. The van der Waals surface area contributed by atoms with Crippen molar-refractivity contribution >= 4 is 11.9 Å². The van der Waals surface area contributed by atoms with Gasteiger partial charge in [-0.2, -0.15) is 5.26 Å². The Balaban J connectivity index is 2.45. The molecule has 0 aliphatic rings. The third-order valence-electron chi connectivity index (χ3n) is 3.41. The molecule has 0 spiro atoms. The standard InChI is InChI=1S/C16H19FN2O3/c1-11(2)16(3,10-18)19-14(20)9-22-15(21)8-12-4-6-13(17)7-5-12/h4-7,11H,8-9H2,1-3H3,(H,19,20)/t16-/m1/s1. The summed E-state index contributed by atoms with van der Waals surface area (Å²) >= 11 is 0. The van der Waals surface area contributed by atoms with Crippen LogP contribution in [-0.2, 0) is 20.7 Å². The lowest BCUT2D eigenvalue weighted by Gasteiger charge is -2.27. The number of nitrogens with one attached hydrogen (secondary N) is 1. The number of esters is 1. The second kappa shape index (κ2) is 7.55. The van der Waals surface area contributed by atoms with E-state index in [0.717, 1.165) is 0 Å². The molecule has 0 heterocycles. The van der Waals surface area contributed by atoms with Crippen LogP contribution in [0.1, 0.15) is 26.3 Å². The molecule has 22 heavy (non-hydrogen) atoms. The fraction of sp³-hybridized carbons (Fsp3) is 0.438. The van der Waals surface area contributed by atoms with Crippen LogP contribution in [-0.4, -0.2) is 24.0 Å². The van der Waals surface area contributed by atoms with Crippen LogP contribution in [0, 0.1) is 23.1 Å².